The first-order chi connectivity index (χ1) is 15.7. The van der Waals surface area contributed by atoms with Gasteiger partial charge in [-0.15, -0.1) is 11.3 Å². The lowest BCUT2D eigenvalue weighted by Gasteiger charge is -2.20. The van der Waals surface area contributed by atoms with Gasteiger partial charge in [-0.1, -0.05) is 36.4 Å². The molecule has 0 saturated carbocycles. The van der Waals surface area contributed by atoms with Gasteiger partial charge >= 0.3 is 0 Å². The van der Waals surface area contributed by atoms with Gasteiger partial charge < -0.3 is 15.1 Å². The highest BCUT2D eigenvalue weighted by molar-refractivity contribution is 7.17. The first kappa shape index (κ1) is 19.9. The first-order valence-corrected chi connectivity index (χ1v) is 10.8. The maximum atomic E-state index is 13.2. The van der Waals surface area contributed by atoms with Crippen molar-refractivity contribution in [1.29, 1.82) is 0 Å². The quantitative estimate of drug-likeness (QED) is 0.408. The number of benzene rings is 2. The van der Waals surface area contributed by atoms with Crippen LogP contribution in [0.25, 0.3) is 20.9 Å². The van der Waals surface area contributed by atoms with Crippen LogP contribution in [0, 0.1) is 0 Å². The SMILES string of the molecule is O=C(NCC(NC(=O)c1cncc2sccc12)c1ccc2ccccc2c1)c1cocn1. The van der Waals surface area contributed by atoms with Crippen LogP contribution in [0.4, 0.5) is 0 Å². The Morgan fingerprint density at radius 1 is 1.03 bits per heavy atom. The number of oxazole rings is 1. The third-order valence-electron chi connectivity index (χ3n) is 5.24. The number of amides is 2. The highest BCUT2D eigenvalue weighted by Crippen LogP contribution is 2.25. The standard InChI is InChI=1S/C24H18N4O3S/c29-23(19-10-25-12-22-18(19)7-8-32-22)28-20(11-26-24(30)21-13-31-14-27-21)17-6-5-15-3-1-2-4-16(15)9-17/h1-10,12-14,20H,11H2,(H,26,30)(H,28,29). The fraction of sp³-hybridized carbons (Fsp3) is 0.0833. The molecule has 3 aromatic heterocycles. The minimum absolute atomic E-state index is 0.181. The van der Waals surface area contributed by atoms with Crippen LogP contribution < -0.4 is 10.6 Å². The van der Waals surface area contributed by atoms with Gasteiger partial charge in [0.05, 0.1) is 16.3 Å². The zero-order valence-corrected chi connectivity index (χ0v) is 17.6. The van der Waals surface area contributed by atoms with E-state index in [9.17, 15) is 9.59 Å². The Hall–Kier alpha value is -4.04. The van der Waals surface area contributed by atoms with E-state index in [1.807, 2.05) is 53.9 Å². The van der Waals surface area contributed by atoms with Gasteiger partial charge in [0.2, 0.25) is 0 Å². The number of nitrogens with one attached hydrogen (secondary N) is 2. The Labute approximate surface area is 187 Å². The second-order valence-corrected chi connectivity index (χ2v) is 8.18. The van der Waals surface area contributed by atoms with Gasteiger partial charge in [0.15, 0.2) is 12.1 Å². The molecule has 32 heavy (non-hydrogen) atoms. The highest BCUT2D eigenvalue weighted by atomic mass is 32.1. The van der Waals surface area contributed by atoms with E-state index in [-0.39, 0.29) is 24.1 Å². The van der Waals surface area contributed by atoms with E-state index >= 15 is 0 Å². The Balaban J connectivity index is 1.44. The molecule has 158 valence electrons. The third kappa shape index (κ3) is 3.95. The Morgan fingerprint density at radius 3 is 2.75 bits per heavy atom. The summed E-state index contributed by atoms with van der Waals surface area (Å²) in [4.78, 5) is 33.7. The van der Waals surface area contributed by atoms with Crippen molar-refractivity contribution in [3.8, 4) is 0 Å². The van der Waals surface area contributed by atoms with Crippen LogP contribution in [0.2, 0.25) is 0 Å². The average molecular weight is 443 g/mol. The van der Waals surface area contributed by atoms with Crippen molar-refractivity contribution in [2.45, 2.75) is 6.04 Å². The number of carbonyl (C=O) groups is 2. The molecule has 0 saturated heterocycles. The molecule has 0 aliphatic heterocycles. The lowest BCUT2D eigenvalue weighted by atomic mass is 10.0. The lowest BCUT2D eigenvalue weighted by molar-refractivity contribution is 0.0907. The molecule has 3 heterocycles. The van der Waals surface area contributed by atoms with E-state index in [0.29, 0.717) is 5.56 Å². The van der Waals surface area contributed by atoms with Crippen LogP contribution >= 0.6 is 11.3 Å². The molecule has 0 radical (unpaired) electrons. The number of fused-ring (bicyclic) bond motifs is 2. The molecule has 0 aliphatic carbocycles. The fourth-order valence-electron chi connectivity index (χ4n) is 3.60. The second-order valence-electron chi connectivity index (χ2n) is 7.24. The van der Waals surface area contributed by atoms with Crippen molar-refractivity contribution in [3.63, 3.8) is 0 Å². The third-order valence-corrected chi connectivity index (χ3v) is 6.09. The van der Waals surface area contributed by atoms with Gasteiger partial charge in [-0.2, -0.15) is 0 Å². The van der Waals surface area contributed by atoms with Crippen molar-refractivity contribution in [1.82, 2.24) is 20.6 Å². The summed E-state index contributed by atoms with van der Waals surface area (Å²) in [7, 11) is 0. The number of thiophene rings is 1. The van der Waals surface area contributed by atoms with Crippen LogP contribution in [0.15, 0.2) is 83.4 Å². The fourth-order valence-corrected chi connectivity index (χ4v) is 4.37. The molecule has 8 heteroatoms. The predicted molar refractivity (Wildman–Crippen MR) is 123 cm³/mol. The van der Waals surface area contributed by atoms with Crippen LogP contribution in [0.3, 0.4) is 0 Å². The van der Waals surface area contributed by atoms with Gasteiger partial charge in [0, 0.05) is 24.3 Å². The second kappa shape index (κ2) is 8.60. The van der Waals surface area contributed by atoms with Gasteiger partial charge in [-0.25, -0.2) is 4.98 Å². The van der Waals surface area contributed by atoms with Crippen molar-refractivity contribution in [2.24, 2.45) is 0 Å². The maximum Gasteiger partial charge on any atom is 0.273 e. The summed E-state index contributed by atoms with van der Waals surface area (Å²) in [6, 6.07) is 15.4. The Morgan fingerprint density at radius 2 is 1.91 bits per heavy atom. The van der Waals surface area contributed by atoms with Gasteiger partial charge in [-0.05, 0) is 33.8 Å². The van der Waals surface area contributed by atoms with Crippen LogP contribution in [-0.2, 0) is 0 Å². The molecule has 2 aromatic carbocycles. The topological polar surface area (TPSA) is 97.1 Å². The Kier molecular flexibility index (Phi) is 5.35. The van der Waals surface area contributed by atoms with Gasteiger partial charge in [0.25, 0.3) is 11.8 Å². The van der Waals surface area contributed by atoms with E-state index in [2.05, 4.69) is 20.6 Å². The molecule has 1 atom stereocenters. The number of aromatic nitrogens is 2. The molecule has 0 bridgehead atoms. The van der Waals surface area contributed by atoms with Gasteiger partial charge in [-0.3, -0.25) is 14.6 Å². The number of pyridine rings is 1. The molecule has 2 N–H and O–H groups in total. The number of carbonyl (C=O) groups excluding carboxylic acids is 2. The van der Waals surface area contributed by atoms with Crippen molar-refractivity contribution < 1.29 is 14.0 Å². The lowest BCUT2D eigenvalue weighted by Crippen LogP contribution is -2.38. The van der Waals surface area contributed by atoms with Crippen molar-refractivity contribution in [3.05, 3.63) is 95.8 Å². The van der Waals surface area contributed by atoms with E-state index in [1.165, 1.54) is 24.0 Å². The number of nitrogens with zero attached hydrogens (tertiary/aromatic N) is 2. The predicted octanol–water partition coefficient (Wildman–Crippen LogP) is 4.34. The summed E-state index contributed by atoms with van der Waals surface area (Å²) in [6.07, 6.45) is 5.79. The summed E-state index contributed by atoms with van der Waals surface area (Å²) in [5.74, 6) is -0.629. The molecule has 0 fully saturated rings. The smallest absolute Gasteiger partial charge is 0.273 e. The molecule has 5 rings (SSSR count). The first-order valence-electron chi connectivity index (χ1n) is 9.96. The highest BCUT2D eigenvalue weighted by Gasteiger charge is 2.20. The van der Waals surface area contributed by atoms with Gasteiger partial charge in [0.1, 0.15) is 6.26 Å². The average Bonchev–Trinajstić information content (AvgIpc) is 3.53. The van der Waals surface area contributed by atoms with Crippen molar-refractivity contribution >= 4 is 44.0 Å². The van der Waals surface area contributed by atoms with E-state index in [1.54, 1.807) is 12.4 Å². The molecule has 0 aliphatic rings. The zero-order chi connectivity index (χ0) is 21.9. The van der Waals surface area contributed by atoms with E-state index in [0.717, 1.165) is 26.4 Å². The normalized spacial score (nSPS) is 12.0. The molecule has 5 aromatic rings. The Bertz CT molecular complexity index is 1410. The summed E-state index contributed by atoms with van der Waals surface area (Å²) in [6.45, 7) is 0.183. The van der Waals surface area contributed by atoms with E-state index < -0.39 is 6.04 Å². The monoisotopic (exact) mass is 442 g/mol. The minimum atomic E-state index is -0.461. The molecule has 0 spiro atoms. The summed E-state index contributed by atoms with van der Waals surface area (Å²) in [5, 5.41) is 10.8. The number of hydrogen-bond donors (Lipinski definition) is 2. The molecule has 2 amide bonds. The number of rotatable bonds is 6. The van der Waals surface area contributed by atoms with Crippen molar-refractivity contribution in [2.75, 3.05) is 6.54 Å². The van der Waals surface area contributed by atoms with Crippen LogP contribution in [-0.4, -0.2) is 28.3 Å². The summed E-state index contributed by atoms with van der Waals surface area (Å²) >= 11 is 1.53. The maximum absolute atomic E-state index is 13.2. The minimum Gasteiger partial charge on any atom is -0.451 e. The molecular weight excluding hydrogens is 424 g/mol. The number of hydrogen-bond acceptors (Lipinski definition) is 6. The summed E-state index contributed by atoms with van der Waals surface area (Å²) in [5.41, 5.74) is 1.56. The zero-order valence-electron chi connectivity index (χ0n) is 16.8. The van der Waals surface area contributed by atoms with E-state index in [4.69, 9.17) is 4.42 Å². The summed E-state index contributed by atoms with van der Waals surface area (Å²) < 4.78 is 5.83. The molecule has 1 unspecified atom stereocenters. The largest absolute Gasteiger partial charge is 0.451 e. The molecule has 7 nitrogen and oxygen atoms in total. The van der Waals surface area contributed by atoms with Crippen LogP contribution in [0.1, 0.15) is 32.5 Å². The molecular formula is C24H18N4O3S. The van der Waals surface area contributed by atoms with Crippen LogP contribution in [0.5, 0.6) is 0 Å².